The van der Waals surface area contributed by atoms with E-state index in [1.165, 1.54) is 35.7 Å². The van der Waals surface area contributed by atoms with E-state index in [4.69, 9.17) is 4.74 Å². The molecule has 19 heavy (non-hydrogen) atoms. The number of hydrogen-bond acceptors (Lipinski definition) is 2. The summed E-state index contributed by atoms with van der Waals surface area (Å²) in [6, 6.07) is 14.9. The summed E-state index contributed by atoms with van der Waals surface area (Å²) in [5.74, 6) is 0.813. The first-order valence-corrected chi connectivity index (χ1v) is 7.18. The summed E-state index contributed by atoms with van der Waals surface area (Å²) < 4.78 is 5.86. The van der Waals surface area contributed by atoms with Crippen molar-refractivity contribution in [2.75, 3.05) is 19.7 Å². The van der Waals surface area contributed by atoms with Crippen LogP contribution in [0.1, 0.15) is 18.4 Å². The lowest BCUT2D eigenvalue weighted by Gasteiger charge is -2.10. The molecule has 1 fully saturated rings. The van der Waals surface area contributed by atoms with E-state index in [1.807, 2.05) is 0 Å². The van der Waals surface area contributed by atoms with E-state index >= 15 is 0 Å². The van der Waals surface area contributed by atoms with Gasteiger partial charge in [-0.1, -0.05) is 42.5 Å². The van der Waals surface area contributed by atoms with Gasteiger partial charge < -0.3 is 10.1 Å². The standard InChI is InChI=1S/C17H21NO/c1-2-7-17-15(4-1)5-3-6-16(17)13-19-11-9-14-8-10-18-12-14/h1-7,14,18H,8-13H2. The molecule has 2 aromatic carbocycles. The van der Waals surface area contributed by atoms with Gasteiger partial charge in [0, 0.05) is 6.61 Å². The number of benzene rings is 2. The fourth-order valence-corrected chi connectivity index (χ4v) is 2.81. The smallest absolute Gasteiger partial charge is 0.0722 e. The van der Waals surface area contributed by atoms with Gasteiger partial charge in [-0.05, 0) is 48.2 Å². The monoisotopic (exact) mass is 255 g/mol. The summed E-state index contributed by atoms with van der Waals surface area (Å²) in [7, 11) is 0. The van der Waals surface area contributed by atoms with Crippen molar-refractivity contribution in [3.05, 3.63) is 48.0 Å². The Morgan fingerprint density at radius 1 is 1.11 bits per heavy atom. The Hall–Kier alpha value is -1.38. The van der Waals surface area contributed by atoms with Crippen molar-refractivity contribution in [3.63, 3.8) is 0 Å². The lowest BCUT2D eigenvalue weighted by Crippen LogP contribution is -2.10. The maximum absolute atomic E-state index is 5.86. The van der Waals surface area contributed by atoms with Crippen LogP contribution in [0.4, 0.5) is 0 Å². The van der Waals surface area contributed by atoms with E-state index in [2.05, 4.69) is 47.8 Å². The van der Waals surface area contributed by atoms with E-state index in [9.17, 15) is 0 Å². The molecule has 0 spiro atoms. The third-order valence-corrected chi connectivity index (χ3v) is 3.97. The minimum Gasteiger partial charge on any atom is -0.377 e. The summed E-state index contributed by atoms with van der Waals surface area (Å²) >= 11 is 0. The second kappa shape index (κ2) is 6.18. The van der Waals surface area contributed by atoms with Gasteiger partial charge in [0.1, 0.15) is 0 Å². The van der Waals surface area contributed by atoms with Crippen LogP contribution in [0.5, 0.6) is 0 Å². The van der Waals surface area contributed by atoms with Crippen molar-refractivity contribution < 1.29 is 4.74 Å². The van der Waals surface area contributed by atoms with Crippen LogP contribution in [0.25, 0.3) is 10.8 Å². The van der Waals surface area contributed by atoms with Crippen LogP contribution < -0.4 is 5.32 Å². The molecule has 2 nitrogen and oxygen atoms in total. The summed E-state index contributed by atoms with van der Waals surface area (Å²) in [6.07, 6.45) is 2.48. The normalized spacial score (nSPS) is 19.1. The highest BCUT2D eigenvalue weighted by Crippen LogP contribution is 2.19. The molecular formula is C17H21NO. The van der Waals surface area contributed by atoms with Crippen LogP contribution in [-0.2, 0) is 11.3 Å². The van der Waals surface area contributed by atoms with Gasteiger partial charge in [0.2, 0.25) is 0 Å². The summed E-state index contributed by atoms with van der Waals surface area (Å²) in [4.78, 5) is 0. The Balaban J connectivity index is 1.56. The molecule has 0 amide bonds. The number of fused-ring (bicyclic) bond motifs is 1. The lowest BCUT2D eigenvalue weighted by atomic mass is 10.0. The third-order valence-electron chi connectivity index (χ3n) is 3.97. The SMILES string of the molecule is c1ccc2c(COCCC3CCNC3)cccc2c1. The predicted molar refractivity (Wildman–Crippen MR) is 79.2 cm³/mol. The molecule has 3 rings (SSSR count). The molecule has 0 bridgehead atoms. The van der Waals surface area contributed by atoms with Crippen LogP contribution >= 0.6 is 0 Å². The highest BCUT2D eigenvalue weighted by atomic mass is 16.5. The summed E-state index contributed by atoms with van der Waals surface area (Å²) in [5, 5.41) is 6.01. The average molecular weight is 255 g/mol. The molecule has 1 unspecified atom stereocenters. The molecule has 100 valence electrons. The zero-order chi connectivity index (χ0) is 12.9. The van der Waals surface area contributed by atoms with Crippen LogP contribution in [0.15, 0.2) is 42.5 Å². The van der Waals surface area contributed by atoms with Gasteiger partial charge in [-0.25, -0.2) is 0 Å². The van der Waals surface area contributed by atoms with Gasteiger partial charge in [0.15, 0.2) is 0 Å². The first-order chi connectivity index (χ1) is 9.43. The molecule has 1 heterocycles. The first-order valence-electron chi connectivity index (χ1n) is 7.18. The van der Waals surface area contributed by atoms with Crippen molar-refractivity contribution in [3.8, 4) is 0 Å². The van der Waals surface area contributed by atoms with E-state index in [0.29, 0.717) is 0 Å². The van der Waals surface area contributed by atoms with Crippen LogP contribution in [0, 0.1) is 5.92 Å². The van der Waals surface area contributed by atoms with E-state index < -0.39 is 0 Å². The Labute approximate surface area is 114 Å². The van der Waals surface area contributed by atoms with Crippen LogP contribution in [0.2, 0.25) is 0 Å². The van der Waals surface area contributed by atoms with E-state index in [-0.39, 0.29) is 0 Å². The molecular weight excluding hydrogens is 234 g/mol. The van der Waals surface area contributed by atoms with Gasteiger partial charge in [-0.2, -0.15) is 0 Å². The molecule has 0 aliphatic carbocycles. The number of hydrogen-bond donors (Lipinski definition) is 1. The number of rotatable bonds is 5. The largest absolute Gasteiger partial charge is 0.377 e. The van der Waals surface area contributed by atoms with Gasteiger partial charge >= 0.3 is 0 Å². The number of nitrogens with one attached hydrogen (secondary N) is 1. The summed E-state index contributed by atoms with van der Waals surface area (Å²) in [5.41, 5.74) is 1.29. The van der Waals surface area contributed by atoms with Crippen LogP contribution in [-0.4, -0.2) is 19.7 Å². The Morgan fingerprint density at radius 2 is 2.00 bits per heavy atom. The first kappa shape index (κ1) is 12.6. The molecule has 1 saturated heterocycles. The molecule has 1 aliphatic heterocycles. The Bertz CT molecular complexity index is 526. The Morgan fingerprint density at radius 3 is 2.89 bits per heavy atom. The van der Waals surface area contributed by atoms with Crippen molar-refractivity contribution in [2.45, 2.75) is 19.4 Å². The Kier molecular flexibility index (Phi) is 4.11. The zero-order valence-corrected chi connectivity index (χ0v) is 11.3. The van der Waals surface area contributed by atoms with E-state index in [0.717, 1.165) is 25.7 Å². The minimum absolute atomic E-state index is 0.724. The van der Waals surface area contributed by atoms with Crippen LogP contribution in [0.3, 0.4) is 0 Å². The van der Waals surface area contributed by atoms with Gasteiger partial charge in [-0.3, -0.25) is 0 Å². The molecule has 1 aliphatic rings. The molecule has 1 atom stereocenters. The minimum atomic E-state index is 0.724. The maximum Gasteiger partial charge on any atom is 0.0722 e. The van der Waals surface area contributed by atoms with E-state index in [1.54, 1.807) is 0 Å². The number of ether oxygens (including phenoxy) is 1. The van der Waals surface area contributed by atoms with Gasteiger partial charge in [0.25, 0.3) is 0 Å². The fraction of sp³-hybridized carbons (Fsp3) is 0.412. The highest BCUT2D eigenvalue weighted by molar-refractivity contribution is 5.85. The second-order valence-corrected chi connectivity index (χ2v) is 5.34. The topological polar surface area (TPSA) is 21.3 Å². The van der Waals surface area contributed by atoms with Crippen molar-refractivity contribution in [1.29, 1.82) is 0 Å². The van der Waals surface area contributed by atoms with Gasteiger partial charge in [-0.15, -0.1) is 0 Å². The molecule has 0 aromatic heterocycles. The third kappa shape index (κ3) is 3.14. The van der Waals surface area contributed by atoms with Gasteiger partial charge in [0.05, 0.1) is 6.61 Å². The van der Waals surface area contributed by atoms with Crippen molar-refractivity contribution in [2.24, 2.45) is 5.92 Å². The average Bonchev–Trinajstić information content (AvgIpc) is 2.97. The lowest BCUT2D eigenvalue weighted by molar-refractivity contribution is 0.110. The zero-order valence-electron chi connectivity index (χ0n) is 11.3. The highest BCUT2D eigenvalue weighted by Gasteiger charge is 2.13. The molecule has 2 heteroatoms. The maximum atomic E-state index is 5.86. The van der Waals surface area contributed by atoms with Crippen molar-refractivity contribution >= 4 is 10.8 Å². The predicted octanol–water partition coefficient (Wildman–Crippen LogP) is 3.36. The molecule has 2 aromatic rings. The fourth-order valence-electron chi connectivity index (χ4n) is 2.81. The molecule has 0 radical (unpaired) electrons. The summed E-state index contributed by atoms with van der Waals surface area (Å²) in [6.45, 7) is 3.93. The quantitative estimate of drug-likeness (QED) is 0.827. The van der Waals surface area contributed by atoms with Crippen molar-refractivity contribution in [1.82, 2.24) is 5.32 Å². The molecule has 0 saturated carbocycles. The second-order valence-electron chi connectivity index (χ2n) is 5.34. The molecule has 1 N–H and O–H groups in total.